The van der Waals surface area contributed by atoms with Gasteiger partial charge in [-0.1, -0.05) is 6.07 Å². The van der Waals surface area contributed by atoms with Crippen LogP contribution in [0.1, 0.15) is 4.88 Å². The summed E-state index contributed by atoms with van der Waals surface area (Å²) in [6, 6.07) is 3.90. The van der Waals surface area contributed by atoms with Gasteiger partial charge < -0.3 is 30.5 Å². The zero-order valence-corrected chi connectivity index (χ0v) is 11.4. The molecule has 0 radical (unpaired) electrons. The van der Waals surface area contributed by atoms with E-state index in [9.17, 15) is 0 Å². The first-order valence-electron chi connectivity index (χ1n) is 2.91. The molecule has 0 aliphatic rings. The third kappa shape index (κ3) is 8.88. The number of hydrogen-bond donors (Lipinski definition) is 2. The van der Waals surface area contributed by atoms with E-state index >= 15 is 0 Å². The molecule has 0 saturated heterocycles. The average molecular weight is 363 g/mol. The number of thiophene rings is 1. The fraction of sp³-hybridized carbons (Fsp3) is 0. The fourth-order valence-corrected chi connectivity index (χ4v) is 1.16. The van der Waals surface area contributed by atoms with E-state index in [1.807, 2.05) is 17.5 Å². The van der Waals surface area contributed by atoms with E-state index in [1.165, 1.54) is 0 Å². The molecule has 0 aliphatic heterocycles. The van der Waals surface area contributed by atoms with Crippen LogP contribution in [-0.4, -0.2) is 11.3 Å². The second-order valence-electron chi connectivity index (χ2n) is 1.75. The Morgan fingerprint density at radius 3 is 2.64 bits per heavy atom. The summed E-state index contributed by atoms with van der Waals surface area (Å²) in [6.07, 6.45) is 1.67. The molecule has 0 spiro atoms. The van der Waals surface area contributed by atoms with Gasteiger partial charge in [-0.05, 0) is 23.7 Å². The standard InChI is InChI=1S/C6H7N3S2.2ClH.Pd/c7-6(10)9-8-4-5-2-1-3-11-5;;;/h1-4H,(H3,7,9,10);2*1H;/q;;;+2/p-2/b8-4+;;;. The van der Waals surface area contributed by atoms with Crippen LogP contribution in [0.25, 0.3) is 0 Å². The van der Waals surface area contributed by atoms with Crippen LogP contribution in [0, 0.1) is 0 Å². The average Bonchev–Trinajstić information content (AvgIpc) is 2.39. The minimum Gasteiger partial charge on any atom is -1.00 e. The van der Waals surface area contributed by atoms with E-state index in [0.717, 1.165) is 4.88 Å². The van der Waals surface area contributed by atoms with Gasteiger partial charge in [0.2, 0.25) is 0 Å². The third-order valence-corrected chi connectivity index (χ3v) is 1.81. The van der Waals surface area contributed by atoms with Crippen LogP contribution in [0.3, 0.4) is 0 Å². The van der Waals surface area contributed by atoms with Crippen LogP contribution in [0.4, 0.5) is 0 Å². The van der Waals surface area contributed by atoms with E-state index in [0.29, 0.717) is 0 Å². The van der Waals surface area contributed by atoms with Crippen LogP contribution in [0.15, 0.2) is 22.6 Å². The molecule has 0 amide bonds. The molecule has 0 aromatic carbocycles. The molecular weight excluding hydrogens is 356 g/mol. The summed E-state index contributed by atoms with van der Waals surface area (Å²) in [5.41, 5.74) is 7.61. The van der Waals surface area contributed by atoms with Crippen LogP contribution in [0.5, 0.6) is 0 Å². The van der Waals surface area contributed by atoms with Gasteiger partial charge >= 0.3 is 20.4 Å². The Hall–Kier alpha value is 0.302. The number of thiocarbonyl (C=S) groups is 1. The first-order chi connectivity index (χ1) is 5.29. The Kier molecular flexibility index (Phi) is 16.1. The molecular formula is C6H7Cl2N3PdS2. The second kappa shape index (κ2) is 11.4. The Morgan fingerprint density at radius 1 is 1.57 bits per heavy atom. The van der Waals surface area contributed by atoms with E-state index in [2.05, 4.69) is 22.7 Å². The number of nitrogens with two attached hydrogens (primary N) is 1. The third-order valence-electron chi connectivity index (χ3n) is 0.910. The maximum Gasteiger partial charge on any atom is 2.00 e. The van der Waals surface area contributed by atoms with Crippen molar-refractivity contribution in [2.75, 3.05) is 0 Å². The van der Waals surface area contributed by atoms with Gasteiger partial charge in [-0.2, -0.15) is 5.10 Å². The maximum absolute atomic E-state index is 5.14. The van der Waals surface area contributed by atoms with E-state index in [-0.39, 0.29) is 50.3 Å². The van der Waals surface area contributed by atoms with Crippen molar-refractivity contribution in [3.8, 4) is 0 Å². The molecule has 0 bridgehead atoms. The Bertz CT molecular complexity index is 266. The molecule has 8 heteroatoms. The van der Waals surface area contributed by atoms with E-state index < -0.39 is 0 Å². The number of hydrogen-bond acceptors (Lipinski definition) is 3. The fourth-order valence-electron chi connectivity index (χ4n) is 0.524. The summed E-state index contributed by atoms with van der Waals surface area (Å²) >= 11 is 6.15. The summed E-state index contributed by atoms with van der Waals surface area (Å²) in [4.78, 5) is 1.06. The predicted octanol–water partition coefficient (Wildman–Crippen LogP) is -5.08. The summed E-state index contributed by atoms with van der Waals surface area (Å²) in [6.45, 7) is 0. The van der Waals surface area contributed by atoms with Gasteiger partial charge in [-0.25, -0.2) is 0 Å². The zero-order chi connectivity index (χ0) is 8.10. The second-order valence-corrected chi connectivity index (χ2v) is 3.17. The number of nitrogens with one attached hydrogen (secondary N) is 1. The number of nitrogens with zero attached hydrogens (tertiary/aromatic N) is 1. The summed E-state index contributed by atoms with van der Waals surface area (Å²) < 4.78 is 0. The molecule has 0 unspecified atom stereocenters. The first-order valence-corrected chi connectivity index (χ1v) is 4.20. The topological polar surface area (TPSA) is 50.4 Å². The number of hydrazone groups is 1. The van der Waals surface area contributed by atoms with Crippen molar-refractivity contribution in [3.63, 3.8) is 0 Å². The molecule has 3 N–H and O–H groups in total. The molecule has 1 heterocycles. The smallest absolute Gasteiger partial charge is 1.00 e. The molecule has 1 aromatic heterocycles. The van der Waals surface area contributed by atoms with Gasteiger partial charge in [-0.3, -0.25) is 5.43 Å². The summed E-state index contributed by atoms with van der Waals surface area (Å²) in [5, 5.41) is 5.94. The van der Waals surface area contributed by atoms with E-state index in [4.69, 9.17) is 5.73 Å². The Labute approximate surface area is 118 Å². The molecule has 0 aliphatic carbocycles. The van der Waals surface area contributed by atoms with Gasteiger partial charge in [0.25, 0.3) is 0 Å². The monoisotopic (exact) mass is 361 g/mol. The molecule has 0 atom stereocenters. The van der Waals surface area contributed by atoms with Crippen molar-refractivity contribution >= 4 is 34.9 Å². The van der Waals surface area contributed by atoms with Crippen molar-refractivity contribution in [1.29, 1.82) is 0 Å². The summed E-state index contributed by atoms with van der Waals surface area (Å²) in [5.74, 6) is 0. The minimum absolute atomic E-state index is 0. The Morgan fingerprint density at radius 2 is 2.21 bits per heavy atom. The molecule has 1 aromatic rings. The number of rotatable bonds is 2. The van der Waals surface area contributed by atoms with Gasteiger partial charge in [0.1, 0.15) is 0 Å². The van der Waals surface area contributed by atoms with E-state index in [1.54, 1.807) is 17.6 Å². The molecule has 3 nitrogen and oxygen atoms in total. The van der Waals surface area contributed by atoms with Crippen molar-refractivity contribution in [2.24, 2.45) is 10.8 Å². The molecule has 82 valence electrons. The molecule has 0 fully saturated rings. The normalized spacial score (nSPS) is 8.00. The molecule has 14 heavy (non-hydrogen) atoms. The van der Waals surface area contributed by atoms with Crippen LogP contribution in [0.2, 0.25) is 0 Å². The SMILES string of the molecule is NC(=S)N/N=C/c1cccs1.[Cl-].[Cl-].[Pd+2]. The van der Waals surface area contributed by atoms with Crippen molar-refractivity contribution in [1.82, 2.24) is 5.43 Å². The molecule has 1 rings (SSSR count). The van der Waals surface area contributed by atoms with Gasteiger partial charge in [0.05, 0.1) is 6.21 Å². The Balaban J connectivity index is -0.000000403. The largest absolute Gasteiger partial charge is 2.00 e. The van der Waals surface area contributed by atoms with Gasteiger partial charge in [0.15, 0.2) is 5.11 Å². The summed E-state index contributed by atoms with van der Waals surface area (Å²) in [7, 11) is 0. The quantitative estimate of drug-likeness (QED) is 0.240. The van der Waals surface area contributed by atoms with Crippen molar-refractivity contribution < 1.29 is 45.2 Å². The van der Waals surface area contributed by atoms with Crippen LogP contribution < -0.4 is 36.0 Å². The van der Waals surface area contributed by atoms with Crippen LogP contribution in [-0.2, 0) is 20.4 Å². The predicted molar refractivity (Wildman–Crippen MR) is 51.8 cm³/mol. The molecule has 0 saturated carbocycles. The van der Waals surface area contributed by atoms with Gasteiger partial charge in [0, 0.05) is 4.88 Å². The number of halogens is 2. The van der Waals surface area contributed by atoms with Gasteiger partial charge in [-0.15, -0.1) is 11.3 Å². The van der Waals surface area contributed by atoms with Crippen molar-refractivity contribution in [2.45, 2.75) is 0 Å². The zero-order valence-electron chi connectivity index (χ0n) is 6.72. The van der Waals surface area contributed by atoms with Crippen molar-refractivity contribution in [3.05, 3.63) is 22.4 Å². The van der Waals surface area contributed by atoms with Crippen LogP contribution >= 0.6 is 23.6 Å². The first kappa shape index (κ1) is 19.8. The maximum atomic E-state index is 5.14. The minimum atomic E-state index is 0.